The molecule has 1 amide bonds. The van der Waals surface area contributed by atoms with Crippen LogP contribution in [0.1, 0.15) is 28.2 Å². The fraction of sp³-hybridized carbons (Fsp3) is 0.208. The van der Waals surface area contributed by atoms with Gasteiger partial charge in [0.05, 0.1) is 29.0 Å². The molecule has 31 heavy (non-hydrogen) atoms. The summed E-state index contributed by atoms with van der Waals surface area (Å²) in [5, 5.41) is 6.54. The number of hydrogen-bond acceptors (Lipinski definition) is 3. The number of benzene rings is 2. The van der Waals surface area contributed by atoms with Crippen molar-refractivity contribution in [1.29, 1.82) is 0 Å². The van der Waals surface area contributed by atoms with E-state index in [-0.39, 0.29) is 5.91 Å². The third kappa shape index (κ3) is 3.91. The third-order valence-electron chi connectivity index (χ3n) is 5.58. The molecule has 0 bridgehead atoms. The van der Waals surface area contributed by atoms with Crippen LogP contribution in [-0.4, -0.2) is 32.6 Å². The van der Waals surface area contributed by atoms with Crippen LogP contribution >= 0.6 is 23.2 Å². The number of carbonyl (C=O) groups excluding carboxylic acids is 1. The number of rotatable bonds is 4. The Labute approximate surface area is 190 Å². The van der Waals surface area contributed by atoms with Crippen molar-refractivity contribution in [1.82, 2.24) is 19.7 Å². The third-order valence-corrected chi connectivity index (χ3v) is 6.05. The largest absolute Gasteiger partial charge is 0.336 e. The molecule has 2 aromatic carbocycles. The highest BCUT2D eigenvalue weighted by Crippen LogP contribution is 2.29. The lowest BCUT2D eigenvalue weighted by atomic mass is 10.0. The summed E-state index contributed by atoms with van der Waals surface area (Å²) < 4.78 is 2.03. The maximum Gasteiger partial charge on any atom is 0.254 e. The first-order chi connectivity index (χ1) is 15.0. The maximum atomic E-state index is 13.5. The van der Waals surface area contributed by atoms with Crippen LogP contribution in [0.25, 0.3) is 22.2 Å². The highest BCUT2D eigenvalue weighted by Gasteiger charge is 2.20. The molecule has 5 rings (SSSR count). The Morgan fingerprint density at radius 2 is 1.94 bits per heavy atom. The highest BCUT2D eigenvalue weighted by molar-refractivity contribution is 6.31. The molecule has 0 fully saturated rings. The Morgan fingerprint density at radius 1 is 1.10 bits per heavy atom. The first-order valence-electron chi connectivity index (χ1n) is 10.2. The molecular weight excluding hydrogens is 431 g/mol. The Bertz CT molecular complexity index is 1290. The van der Waals surface area contributed by atoms with Crippen LogP contribution in [0.4, 0.5) is 0 Å². The average Bonchev–Trinajstić information content (AvgIpc) is 3.34. The topological polar surface area (TPSA) is 51.0 Å². The summed E-state index contributed by atoms with van der Waals surface area (Å²) >= 11 is 12.4. The van der Waals surface area contributed by atoms with Crippen LogP contribution in [0.3, 0.4) is 0 Å². The minimum absolute atomic E-state index is 0.105. The summed E-state index contributed by atoms with van der Waals surface area (Å²) in [5.74, 6) is -0.105. The molecule has 3 heterocycles. The van der Waals surface area contributed by atoms with Gasteiger partial charge in [-0.3, -0.25) is 9.48 Å². The quantitative estimate of drug-likeness (QED) is 0.405. The molecule has 0 atom stereocenters. The van der Waals surface area contributed by atoms with Gasteiger partial charge in [0.2, 0.25) is 0 Å². The smallest absolute Gasteiger partial charge is 0.254 e. The first kappa shape index (κ1) is 20.0. The zero-order valence-corrected chi connectivity index (χ0v) is 18.5. The molecule has 0 spiro atoms. The molecule has 0 aliphatic carbocycles. The van der Waals surface area contributed by atoms with E-state index in [1.807, 2.05) is 41.1 Å². The zero-order chi connectivity index (χ0) is 21.5. The number of amides is 1. The van der Waals surface area contributed by atoms with E-state index >= 15 is 0 Å². The number of aryl methyl sites for hydroxylation is 2. The summed E-state index contributed by atoms with van der Waals surface area (Å²) in [5.41, 5.74) is 4.94. The van der Waals surface area contributed by atoms with Gasteiger partial charge in [0.1, 0.15) is 0 Å². The standard InChI is InChI=1S/C24H20Cl2N4O/c1-29(14-18-12-19-6-3-9-30(19)28-18)24(31)21-13-23(15-4-2-5-16(25)10-15)27-22-8-7-17(26)11-20(21)22/h2,4-5,7-8,10-13H,3,6,9,14H2,1H3. The Kier molecular flexibility index (Phi) is 5.16. The normalized spacial score (nSPS) is 12.9. The molecule has 0 saturated carbocycles. The van der Waals surface area contributed by atoms with E-state index in [1.165, 1.54) is 5.69 Å². The summed E-state index contributed by atoms with van der Waals surface area (Å²) in [6.07, 6.45) is 2.18. The Balaban J connectivity index is 1.54. The van der Waals surface area contributed by atoms with Crippen molar-refractivity contribution in [3.8, 4) is 11.3 Å². The van der Waals surface area contributed by atoms with Crippen LogP contribution < -0.4 is 0 Å². The van der Waals surface area contributed by atoms with Gasteiger partial charge in [0.25, 0.3) is 5.91 Å². The minimum atomic E-state index is -0.105. The Hall–Kier alpha value is -2.89. The van der Waals surface area contributed by atoms with Crippen molar-refractivity contribution in [3.63, 3.8) is 0 Å². The Morgan fingerprint density at radius 3 is 2.74 bits per heavy atom. The molecule has 156 valence electrons. The molecule has 2 aromatic heterocycles. The molecular formula is C24H20Cl2N4O. The lowest BCUT2D eigenvalue weighted by Gasteiger charge is -2.18. The monoisotopic (exact) mass is 450 g/mol. The molecule has 7 heteroatoms. The van der Waals surface area contributed by atoms with Gasteiger partial charge in [-0.1, -0.05) is 35.3 Å². The number of nitrogens with zero attached hydrogens (tertiary/aromatic N) is 4. The highest BCUT2D eigenvalue weighted by atomic mass is 35.5. The zero-order valence-electron chi connectivity index (χ0n) is 17.0. The number of pyridine rings is 1. The predicted molar refractivity (Wildman–Crippen MR) is 124 cm³/mol. The second kappa shape index (κ2) is 7.98. The fourth-order valence-electron chi connectivity index (χ4n) is 4.09. The number of fused-ring (bicyclic) bond motifs is 2. The molecule has 1 aliphatic rings. The molecule has 5 nitrogen and oxygen atoms in total. The predicted octanol–water partition coefficient (Wildman–Crippen LogP) is 5.62. The first-order valence-corrected chi connectivity index (χ1v) is 10.9. The van der Waals surface area contributed by atoms with E-state index in [0.29, 0.717) is 33.4 Å². The summed E-state index contributed by atoms with van der Waals surface area (Å²) in [6, 6.07) is 16.8. The van der Waals surface area contributed by atoms with Crippen molar-refractivity contribution in [2.24, 2.45) is 0 Å². The van der Waals surface area contributed by atoms with Crippen LogP contribution in [0.2, 0.25) is 10.0 Å². The maximum absolute atomic E-state index is 13.5. The van der Waals surface area contributed by atoms with Gasteiger partial charge >= 0.3 is 0 Å². The van der Waals surface area contributed by atoms with E-state index in [9.17, 15) is 4.79 Å². The van der Waals surface area contributed by atoms with Crippen molar-refractivity contribution in [2.45, 2.75) is 25.9 Å². The molecule has 0 radical (unpaired) electrons. The van der Waals surface area contributed by atoms with Gasteiger partial charge in [-0.15, -0.1) is 0 Å². The lowest BCUT2D eigenvalue weighted by Crippen LogP contribution is -2.27. The SMILES string of the molecule is CN(Cc1cc2n(n1)CCC2)C(=O)c1cc(-c2cccc(Cl)c2)nc2ccc(Cl)cc12. The number of hydrogen-bond donors (Lipinski definition) is 0. The molecule has 0 N–H and O–H groups in total. The van der Waals surface area contributed by atoms with Crippen molar-refractivity contribution >= 4 is 40.0 Å². The molecule has 0 unspecified atom stereocenters. The van der Waals surface area contributed by atoms with Gasteiger partial charge in [-0.2, -0.15) is 5.10 Å². The van der Waals surface area contributed by atoms with Crippen LogP contribution in [0, 0.1) is 0 Å². The number of halogens is 2. The average molecular weight is 451 g/mol. The minimum Gasteiger partial charge on any atom is -0.336 e. The van der Waals surface area contributed by atoms with E-state index in [0.717, 1.165) is 36.0 Å². The van der Waals surface area contributed by atoms with Crippen LogP contribution in [0.5, 0.6) is 0 Å². The summed E-state index contributed by atoms with van der Waals surface area (Å²) in [6.45, 7) is 1.39. The van der Waals surface area contributed by atoms with E-state index < -0.39 is 0 Å². The van der Waals surface area contributed by atoms with E-state index in [4.69, 9.17) is 28.2 Å². The molecule has 1 aliphatic heterocycles. The lowest BCUT2D eigenvalue weighted by molar-refractivity contribution is 0.0785. The second-order valence-corrected chi connectivity index (χ2v) is 8.71. The number of carbonyl (C=O) groups is 1. The van der Waals surface area contributed by atoms with E-state index in [2.05, 4.69) is 11.2 Å². The molecule has 0 saturated heterocycles. The van der Waals surface area contributed by atoms with Crippen molar-refractivity contribution < 1.29 is 4.79 Å². The van der Waals surface area contributed by atoms with Crippen molar-refractivity contribution in [2.75, 3.05) is 7.05 Å². The number of aromatic nitrogens is 3. The van der Waals surface area contributed by atoms with Crippen molar-refractivity contribution in [3.05, 3.63) is 81.6 Å². The summed E-state index contributed by atoms with van der Waals surface area (Å²) in [4.78, 5) is 19.9. The van der Waals surface area contributed by atoms with Crippen LogP contribution in [-0.2, 0) is 19.5 Å². The van der Waals surface area contributed by atoms with Gasteiger partial charge in [0, 0.05) is 40.3 Å². The van der Waals surface area contributed by atoms with Gasteiger partial charge < -0.3 is 4.90 Å². The van der Waals surface area contributed by atoms with Gasteiger partial charge in [-0.05, 0) is 55.3 Å². The molecule has 4 aromatic rings. The second-order valence-electron chi connectivity index (χ2n) is 7.84. The van der Waals surface area contributed by atoms with Gasteiger partial charge in [-0.25, -0.2) is 4.98 Å². The van der Waals surface area contributed by atoms with E-state index in [1.54, 1.807) is 24.1 Å². The summed E-state index contributed by atoms with van der Waals surface area (Å²) in [7, 11) is 1.79. The van der Waals surface area contributed by atoms with Crippen LogP contribution in [0.15, 0.2) is 54.6 Å². The fourth-order valence-corrected chi connectivity index (χ4v) is 4.45. The van der Waals surface area contributed by atoms with Gasteiger partial charge in [0.15, 0.2) is 0 Å².